The zero-order chi connectivity index (χ0) is 14.4. The first kappa shape index (κ1) is 14.1. The molecule has 0 aliphatic rings. The summed E-state index contributed by atoms with van der Waals surface area (Å²) >= 11 is 0. The molecule has 0 unspecified atom stereocenters. The molecule has 2 N–H and O–H groups in total. The molecule has 20 heavy (non-hydrogen) atoms. The van der Waals surface area contributed by atoms with Gasteiger partial charge in [-0.15, -0.1) is 0 Å². The van der Waals surface area contributed by atoms with Crippen LogP contribution in [0.15, 0.2) is 54.2 Å². The molecule has 0 amide bonds. The van der Waals surface area contributed by atoms with Crippen LogP contribution in [0.1, 0.15) is 18.1 Å². The summed E-state index contributed by atoms with van der Waals surface area (Å²) in [5, 5.41) is 8.71. The van der Waals surface area contributed by atoms with Gasteiger partial charge < -0.3 is 4.74 Å². The molecule has 0 saturated heterocycles. The van der Waals surface area contributed by atoms with Crippen molar-refractivity contribution in [2.75, 3.05) is 0 Å². The third-order valence-corrected chi connectivity index (χ3v) is 2.73. The second kappa shape index (κ2) is 6.73. The lowest BCUT2D eigenvalue weighted by Gasteiger charge is -2.07. The van der Waals surface area contributed by atoms with Gasteiger partial charge in [0, 0.05) is 5.70 Å². The van der Waals surface area contributed by atoms with E-state index in [2.05, 4.69) is 5.48 Å². The van der Waals surface area contributed by atoms with E-state index < -0.39 is 0 Å². The van der Waals surface area contributed by atoms with Gasteiger partial charge in [-0.1, -0.05) is 24.3 Å². The molecule has 3 nitrogen and oxygen atoms in total. The Morgan fingerprint density at radius 2 is 2.00 bits per heavy atom. The van der Waals surface area contributed by atoms with Crippen LogP contribution in [-0.2, 0) is 6.61 Å². The molecule has 0 aliphatic carbocycles. The molecule has 0 atom stereocenters. The van der Waals surface area contributed by atoms with Crippen molar-refractivity contribution in [1.29, 1.82) is 0 Å². The van der Waals surface area contributed by atoms with Crippen LogP contribution in [0, 0.1) is 5.82 Å². The fraction of sp³-hybridized carbons (Fsp3) is 0.125. The fourth-order valence-corrected chi connectivity index (χ4v) is 1.74. The van der Waals surface area contributed by atoms with E-state index in [0.717, 1.165) is 11.1 Å². The highest BCUT2D eigenvalue weighted by Crippen LogP contribution is 2.16. The zero-order valence-electron chi connectivity index (χ0n) is 11.1. The molecule has 2 rings (SSSR count). The van der Waals surface area contributed by atoms with E-state index >= 15 is 0 Å². The highest BCUT2D eigenvalue weighted by atomic mass is 19.1. The van der Waals surface area contributed by atoms with Crippen LogP contribution in [0.4, 0.5) is 4.39 Å². The summed E-state index contributed by atoms with van der Waals surface area (Å²) in [5.74, 6) is 0.444. The number of hydroxylamine groups is 1. The van der Waals surface area contributed by atoms with Crippen LogP contribution in [0.5, 0.6) is 5.75 Å². The minimum Gasteiger partial charge on any atom is -0.489 e. The molecule has 0 aliphatic heterocycles. The topological polar surface area (TPSA) is 41.5 Å². The number of hydrogen-bond acceptors (Lipinski definition) is 3. The Morgan fingerprint density at radius 3 is 2.65 bits per heavy atom. The maximum absolute atomic E-state index is 13.0. The first-order chi connectivity index (χ1) is 9.67. The predicted molar refractivity (Wildman–Crippen MR) is 75.7 cm³/mol. The number of ether oxygens (including phenoxy) is 1. The molecule has 0 radical (unpaired) electrons. The van der Waals surface area contributed by atoms with Crippen LogP contribution in [-0.4, -0.2) is 5.21 Å². The van der Waals surface area contributed by atoms with Crippen LogP contribution in [0.3, 0.4) is 0 Å². The van der Waals surface area contributed by atoms with Crippen LogP contribution in [0.2, 0.25) is 0 Å². The van der Waals surface area contributed by atoms with Crippen molar-refractivity contribution in [1.82, 2.24) is 5.48 Å². The van der Waals surface area contributed by atoms with Crippen LogP contribution < -0.4 is 10.2 Å². The first-order valence-corrected chi connectivity index (χ1v) is 6.23. The fourth-order valence-electron chi connectivity index (χ4n) is 1.74. The Balaban J connectivity index is 1.97. The van der Waals surface area contributed by atoms with E-state index in [1.807, 2.05) is 30.3 Å². The highest BCUT2D eigenvalue weighted by molar-refractivity contribution is 5.52. The molecule has 0 saturated carbocycles. The molecule has 0 bridgehead atoms. The number of rotatable bonds is 5. The van der Waals surface area contributed by atoms with E-state index in [-0.39, 0.29) is 5.82 Å². The Kier molecular flexibility index (Phi) is 4.74. The zero-order valence-corrected chi connectivity index (χ0v) is 11.1. The third-order valence-electron chi connectivity index (χ3n) is 2.73. The average molecular weight is 273 g/mol. The van der Waals surface area contributed by atoms with Gasteiger partial charge in [0.05, 0.1) is 0 Å². The summed E-state index contributed by atoms with van der Waals surface area (Å²) in [6.07, 6.45) is 1.80. The smallest absolute Gasteiger partial charge is 0.123 e. The van der Waals surface area contributed by atoms with Gasteiger partial charge in [-0.3, -0.25) is 10.7 Å². The number of allylic oxidation sites excluding steroid dienone is 1. The Morgan fingerprint density at radius 1 is 1.25 bits per heavy atom. The predicted octanol–water partition coefficient (Wildman–Crippen LogP) is 3.74. The molecule has 0 heterocycles. The second-order valence-electron chi connectivity index (χ2n) is 4.43. The van der Waals surface area contributed by atoms with Gasteiger partial charge in [0.2, 0.25) is 0 Å². The minimum atomic E-state index is -0.265. The van der Waals surface area contributed by atoms with E-state index in [9.17, 15) is 4.39 Å². The normalized spacial score (nSPS) is 11.2. The van der Waals surface area contributed by atoms with E-state index in [1.165, 1.54) is 12.1 Å². The lowest BCUT2D eigenvalue weighted by molar-refractivity contribution is 0.202. The summed E-state index contributed by atoms with van der Waals surface area (Å²) in [4.78, 5) is 0. The van der Waals surface area contributed by atoms with Gasteiger partial charge in [0.1, 0.15) is 18.2 Å². The van der Waals surface area contributed by atoms with Crippen molar-refractivity contribution in [3.63, 3.8) is 0 Å². The van der Waals surface area contributed by atoms with Crippen LogP contribution in [0.25, 0.3) is 6.08 Å². The van der Waals surface area contributed by atoms with Gasteiger partial charge >= 0.3 is 0 Å². The Labute approximate surface area is 117 Å². The maximum Gasteiger partial charge on any atom is 0.123 e. The lowest BCUT2D eigenvalue weighted by atomic mass is 10.2. The second-order valence-corrected chi connectivity index (χ2v) is 4.43. The quantitative estimate of drug-likeness (QED) is 0.815. The molecule has 0 spiro atoms. The van der Waals surface area contributed by atoms with Gasteiger partial charge in [0.25, 0.3) is 0 Å². The summed E-state index contributed by atoms with van der Waals surface area (Å²) in [6, 6.07) is 13.7. The molecule has 0 aromatic heterocycles. The summed E-state index contributed by atoms with van der Waals surface area (Å²) in [7, 11) is 0. The van der Waals surface area contributed by atoms with Crippen molar-refractivity contribution in [2.45, 2.75) is 13.5 Å². The number of benzene rings is 2. The highest BCUT2D eigenvalue weighted by Gasteiger charge is 1.98. The largest absolute Gasteiger partial charge is 0.489 e. The molecular formula is C16H16FNO2. The average Bonchev–Trinajstić information content (AvgIpc) is 2.46. The van der Waals surface area contributed by atoms with Crippen molar-refractivity contribution in [3.8, 4) is 5.75 Å². The Hall–Kier alpha value is -2.33. The molecule has 0 fully saturated rings. The van der Waals surface area contributed by atoms with Crippen molar-refractivity contribution < 1.29 is 14.3 Å². The summed E-state index contributed by atoms with van der Waals surface area (Å²) < 4.78 is 18.6. The number of nitrogens with one attached hydrogen (secondary N) is 1. The molecule has 2 aromatic rings. The molecule has 4 heteroatoms. The standard InChI is InChI=1S/C16H16FNO2/c1-12(18-19)9-13-5-7-16(8-6-13)20-11-14-3-2-4-15(17)10-14/h2-10,18-19H,11H2,1H3. The van der Waals surface area contributed by atoms with Crippen molar-refractivity contribution in [3.05, 3.63) is 71.2 Å². The van der Waals surface area contributed by atoms with E-state index in [4.69, 9.17) is 9.94 Å². The monoisotopic (exact) mass is 273 g/mol. The lowest BCUT2D eigenvalue weighted by Crippen LogP contribution is -2.01. The molecular weight excluding hydrogens is 257 g/mol. The van der Waals surface area contributed by atoms with Crippen molar-refractivity contribution in [2.24, 2.45) is 0 Å². The maximum atomic E-state index is 13.0. The summed E-state index contributed by atoms with van der Waals surface area (Å²) in [5.41, 5.74) is 4.46. The summed E-state index contributed by atoms with van der Waals surface area (Å²) in [6.45, 7) is 2.08. The number of hydrogen-bond donors (Lipinski definition) is 2. The van der Waals surface area contributed by atoms with Crippen LogP contribution >= 0.6 is 0 Å². The van der Waals surface area contributed by atoms with E-state index in [0.29, 0.717) is 18.1 Å². The van der Waals surface area contributed by atoms with E-state index in [1.54, 1.807) is 19.1 Å². The van der Waals surface area contributed by atoms with Gasteiger partial charge in [-0.25, -0.2) is 4.39 Å². The third kappa shape index (κ3) is 4.10. The first-order valence-electron chi connectivity index (χ1n) is 6.23. The van der Waals surface area contributed by atoms with Crippen molar-refractivity contribution >= 4 is 6.08 Å². The number of halogens is 1. The van der Waals surface area contributed by atoms with Gasteiger partial charge in [-0.2, -0.15) is 0 Å². The molecule has 104 valence electrons. The van der Waals surface area contributed by atoms with Gasteiger partial charge in [0.15, 0.2) is 0 Å². The minimum absolute atomic E-state index is 0.265. The van der Waals surface area contributed by atoms with Gasteiger partial charge in [-0.05, 0) is 48.4 Å². The Bertz CT molecular complexity index is 594. The SMILES string of the molecule is CC(=Cc1ccc(OCc2cccc(F)c2)cc1)NO. The molecule has 2 aromatic carbocycles.